The molecule has 0 aromatic heterocycles. The topological polar surface area (TPSA) is 35.8 Å². The zero-order valence-electron chi connectivity index (χ0n) is 12.9. The van der Waals surface area contributed by atoms with Crippen LogP contribution in [-0.4, -0.2) is 10.8 Å². The van der Waals surface area contributed by atoms with E-state index in [0.717, 1.165) is 5.56 Å². The van der Waals surface area contributed by atoms with Gasteiger partial charge in [-0.25, -0.2) is 4.39 Å². The monoisotopic (exact) mass is 364 g/mol. The third-order valence-corrected chi connectivity index (χ3v) is 4.59. The van der Waals surface area contributed by atoms with Crippen LogP contribution in [0.5, 0.6) is 0 Å². The molecule has 2 unspecified atom stereocenters. The molecule has 0 spiro atoms. The highest BCUT2D eigenvalue weighted by Crippen LogP contribution is 2.43. The highest BCUT2D eigenvalue weighted by molar-refractivity contribution is 6.36. The second-order valence-electron chi connectivity index (χ2n) is 5.66. The number of benzene rings is 2. The van der Waals surface area contributed by atoms with Gasteiger partial charge in [-0.15, -0.1) is 0 Å². The number of nitrogens with zero attached hydrogens (tertiary/aromatic N) is 2. The molecule has 2 aromatic carbocycles. The molecule has 3 nitrogen and oxygen atoms in total. The molecule has 1 N–H and O–H groups in total. The number of halogens is 3. The lowest BCUT2D eigenvalue weighted by Gasteiger charge is -2.27. The quantitative estimate of drug-likeness (QED) is 0.702. The van der Waals surface area contributed by atoms with Crippen molar-refractivity contribution in [2.24, 2.45) is 11.0 Å². The summed E-state index contributed by atoms with van der Waals surface area (Å²) in [5.74, 6) is -0.560. The van der Waals surface area contributed by atoms with Crippen LogP contribution >= 0.6 is 23.2 Å². The number of aliphatic hydroxyl groups is 1. The molecular formula is C18H15Cl2FN2O. The van der Waals surface area contributed by atoms with Crippen molar-refractivity contribution < 1.29 is 9.50 Å². The Kier molecular flexibility index (Phi) is 4.52. The van der Waals surface area contributed by atoms with Crippen LogP contribution in [0.15, 0.2) is 59.9 Å². The Morgan fingerprint density at radius 3 is 2.46 bits per heavy atom. The zero-order chi connectivity index (χ0) is 17.4. The SMILES string of the molecule is C=C(O)C1=NN(c2ccc(Cl)cc2Cl)C(c2ccc(F)cc2)C1C. The first-order chi connectivity index (χ1) is 11.4. The zero-order valence-corrected chi connectivity index (χ0v) is 14.4. The van der Waals surface area contributed by atoms with E-state index in [-0.39, 0.29) is 23.5 Å². The van der Waals surface area contributed by atoms with E-state index in [1.165, 1.54) is 12.1 Å². The summed E-state index contributed by atoms with van der Waals surface area (Å²) in [7, 11) is 0. The molecule has 2 atom stereocenters. The predicted molar refractivity (Wildman–Crippen MR) is 96.4 cm³/mol. The standard InChI is InChI=1S/C18H15Cl2FN2O/c1-10-17(11(2)24)22-23(16-8-5-13(19)9-15(16)20)18(10)12-3-6-14(21)7-4-12/h3-10,18,24H,2H2,1H3. The molecule has 2 aromatic rings. The minimum Gasteiger partial charge on any atom is -0.507 e. The largest absolute Gasteiger partial charge is 0.507 e. The van der Waals surface area contributed by atoms with Gasteiger partial charge in [0.05, 0.1) is 16.8 Å². The predicted octanol–water partition coefficient (Wildman–Crippen LogP) is 5.76. The van der Waals surface area contributed by atoms with Gasteiger partial charge in [-0.2, -0.15) is 5.10 Å². The smallest absolute Gasteiger partial charge is 0.132 e. The van der Waals surface area contributed by atoms with E-state index in [1.807, 2.05) is 6.92 Å². The van der Waals surface area contributed by atoms with Gasteiger partial charge in [0.2, 0.25) is 0 Å². The summed E-state index contributed by atoms with van der Waals surface area (Å²) in [6, 6.07) is 11.1. The fourth-order valence-electron chi connectivity index (χ4n) is 2.91. The first kappa shape index (κ1) is 16.8. The summed E-state index contributed by atoms with van der Waals surface area (Å²) in [4.78, 5) is 0. The Balaban J connectivity index is 2.11. The van der Waals surface area contributed by atoms with Gasteiger partial charge in [-0.1, -0.05) is 48.8 Å². The van der Waals surface area contributed by atoms with Crippen molar-refractivity contribution >= 4 is 34.6 Å². The van der Waals surface area contributed by atoms with Gasteiger partial charge in [0.25, 0.3) is 0 Å². The summed E-state index contributed by atoms with van der Waals surface area (Å²) >= 11 is 12.3. The number of hydrazone groups is 1. The first-order valence-electron chi connectivity index (χ1n) is 7.35. The number of allylic oxidation sites excluding steroid dienone is 1. The average Bonchev–Trinajstić information content (AvgIpc) is 2.86. The van der Waals surface area contributed by atoms with Crippen molar-refractivity contribution in [3.05, 3.63) is 76.2 Å². The van der Waals surface area contributed by atoms with Gasteiger partial charge in [0.1, 0.15) is 17.3 Å². The van der Waals surface area contributed by atoms with E-state index in [1.54, 1.807) is 35.3 Å². The maximum Gasteiger partial charge on any atom is 0.132 e. The fourth-order valence-corrected chi connectivity index (χ4v) is 3.41. The van der Waals surface area contributed by atoms with E-state index in [9.17, 15) is 9.50 Å². The Bertz CT molecular complexity index is 820. The molecule has 0 radical (unpaired) electrons. The van der Waals surface area contributed by atoms with Crippen molar-refractivity contribution in [2.45, 2.75) is 13.0 Å². The summed E-state index contributed by atoms with van der Waals surface area (Å²) in [6.45, 7) is 5.51. The molecule has 0 bridgehead atoms. The van der Waals surface area contributed by atoms with E-state index >= 15 is 0 Å². The number of hydrogen-bond donors (Lipinski definition) is 1. The molecule has 0 amide bonds. The van der Waals surface area contributed by atoms with Gasteiger partial charge >= 0.3 is 0 Å². The molecule has 0 fully saturated rings. The molecule has 1 aliphatic heterocycles. The van der Waals surface area contributed by atoms with Gasteiger partial charge in [0, 0.05) is 10.9 Å². The van der Waals surface area contributed by atoms with Crippen LogP contribution < -0.4 is 5.01 Å². The lowest BCUT2D eigenvalue weighted by atomic mass is 9.91. The van der Waals surface area contributed by atoms with Crippen LogP contribution in [0.3, 0.4) is 0 Å². The van der Waals surface area contributed by atoms with Crippen molar-refractivity contribution in [1.82, 2.24) is 0 Å². The minimum atomic E-state index is -0.312. The second kappa shape index (κ2) is 6.46. The lowest BCUT2D eigenvalue weighted by Crippen LogP contribution is -2.24. The molecule has 124 valence electrons. The minimum absolute atomic E-state index is 0.0952. The fraction of sp³-hybridized carbons (Fsp3) is 0.167. The lowest BCUT2D eigenvalue weighted by molar-refractivity contribution is 0.439. The summed E-state index contributed by atoms with van der Waals surface area (Å²) in [6.07, 6.45) is 0. The molecule has 0 saturated heterocycles. The molecule has 1 heterocycles. The van der Waals surface area contributed by atoms with Gasteiger partial charge in [-0.05, 0) is 35.9 Å². The Labute approximate surface area is 149 Å². The molecular weight excluding hydrogens is 350 g/mol. The highest BCUT2D eigenvalue weighted by Gasteiger charge is 2.38. The third kappa shape index (κ3) is 2.99. The summed E-state index contributed by atoms with van der Waals surface area (Å²) in [5.41, 5.74) is 1.98. The summed E-state index contributed by atoms with van der Waals surface area (Å²) < 4.78 is 13.3. The normalized spacial score (nSPS) is 20.2. The first-order valence-corrected chi connectivity index (χ1v) is 8.10. The van der Waals surface area contributed by atoms with Crippen LogP contribution in [0.2, 0.25) is 10.0 Å². The molecule has 0 saturated carbocycles. The van der Waals surface area contributed by atoms with Crippen molar-refractivity contribution in [3.8, 4) is 0 Å². The maximum absolute atomic E-state index is 13.3. The van der Waals surface area contributed by atoms with Gasteiger partial charge in [-0.3, -0.25) is 5.01 Å². The van der Waals surface area contributed by atoms with Crippen LogP contribution in [0.4, 0.5) is 10.1 Å². The van der Waals surface area contributed by atoms with Gasteiger partial charge in [0.15, 0.2) is 0 Å². The average molecular weight is 365 g/mol. The molecule has 6 heteroatoms. The van der Waals surface area contributed by atoms with E-state index in [4.69, 9.17) is 23.2 Å². The number of anilines is 1. The molecule has 1 aliphatic rings. The third-order valence-electron chi connectivity index (χ3n) is 4.05. The Morgan fingerprint density at radius 1 is 1.21 bits per heavy atom. The van der Waals surface area contributed by atoms with Crippen LogP contribution in [-0.2, 0) is 0 Å². The Hall–Kier alpha value is -2.04. The maximum atomic E-state index is 13.3. The van der Waals surface area contributed by atoms with E-state index in [0.29, 0.717) is 21.4 Å². The van der Waals surface area contributed by atoms with Crippen molar-refractivity contribution in [3.63, 3.8) is 0 Å². The summed E-state index contributed by atoms with van der Waals surface area (Å²) in [5, 5.41) is 17.0. The molecule has 0 aliphatic carbocycles. The molecule has 3 rings (SSSR count). The molecule has 24 heavy (non-hydrogen) atoms. The Morgan fingerprint density at radius 2 is 1.88 bits per heavy atom. The van der Waals surface area contributed by atoms with E-state index < -0.39 is 0 Å². The highest BCUT2D eigenvalue weighted by atomic mass is 35.5. The van der Waals surface area contributed by atoms with E-state index in [2.05, 4.69) is 11.7 Å². The number of aliphatic hydroxyl groups excluding tert-OH is 1. The van der Waals surface area contributed by atoms with Gasteiger partial charge < -0.3 is 5.11 Å². The van der Waals surface area contributed by atoms with Crippen molar-refractivity contribution in [1.29, 1.82) is 0 Å². The van der Waals surface area contributed by atoms with Crippen LogP contribution in [0, 0.1) is 11.7 Å². The van der Waals surface area contributed by atoms with Crippen molar-refractivity contribution in [2.75, 3.05) is 5.01 Å². The number of hydrogen-bond acceptors (Lipinski definition) is 3. The van der Waals surface area contributed by atoms with Crippen LogP contribution in [0.1, 0.15) is 18.5 Å². The van der Waals surface area contributed by atoms with Crippen LogP contribution in [0.25, 0.3) is 0 Å². The second-order valence-corrected chi connectivity index (χ2v) is 6.50. The number of rotatable bonds is 3.